The van der Waals surface area contributed by atoms with Gasteiger partial charge in [-0.1, -0.05) is 0 Å². The molecule has 0 atom stereocenters. The number of piperidine rings is 1. The van der Waals surface area contributed by atoms with E-state index in [1.54, 1.807) is 19.9 Å². The summed E-state index contributed by atoms with van der Waals surface area (Å²) >= 11 is 3.40. The molecule has 6 nitrogen and oxygen atoms in total. The predicted molar refractivity (Wildman–Crippen MR) is 111 cm³/mol. The Labute approximate surface area is 173 Å². The summed E-state index contributed by atoms with van der Waals surface area (Å²) in [6, 6.07) is 1.64. The quantitative estimate of drug-likeness (QED) is 0.591. The van der Waals surface area contributed by atoms with Gasteiger partial charge in [0.2, 0.25) is 0 Å². The number of nitrogens with one attached hydrogen (secondary N) is 1. The molecule has 4 N–H and O–H groups in total. The molecule has 3 rings (SSSR count). The number of carbonyl (C=O) groups excluding carboxylic acids is 1. The topological polar surface area (TPSA) is 87.8 Å². The molecule has 1 fully saturated rings. The molecule has 1 amide bonds. The number of hydrogen-bond acceptors (Lipinski definition) is 5. The van der Waals surface area contributed by atoms with Gasteiger partial charge in [0.1, 0.15) is 11.4 Å². The van der Waals surface area contributed by atoms with E-state index in [1.807, 2.05) is 0 Å². The van der Waals surface area contributed by atoms with Gasteiger partial charge in [-0.05, 0) is 61.5 Å². The molecule has 28 heavy (non-hydrogen) atoms. The van der Waals surface area contributed by atoms with Gasteiger partial charge in [-0.3, -0.25) is 4.79 Å². The number of anilines is 1. The summed E-state index contributed by atoms with van der Waals surface area (Å²) in [5.74, 6) is 0.159. The van der Waals surface area contributed by atoms with Crippen molar-refractivity contribution in [1.29, 1.82) is 0 Å². The highest BCUT2D eigenvalue weighted by atomic mass is 79.9. The van der Waals surface area contributed by atoms with Crippen molar-refractivity contribution in [2.45, 2.75) is 50.8 Å². The second-order valence-corrected chi connectivity index (χ2v) is 9.36. The molecule has 0 aliphatic carbocycles. The van der Waals surface area contributed by atoms with E-state index in [-0.39, 0.29) is 12.5 Å². The van der Waals surface area contributed by atoms with Gasteiger partial charge < -0.3 is 25.8 Å². The minimum absolute atomic E-state index is 0.0427. The van der Waals surface area contributed by atoms with Crippen molar-refractivity contribution in [3.63, 3.8) is 0 Å². The van der Waals surface area contributed by atoms with Crippen LogP contribution in [-0.2, 0) is 6.42 Å². The molecule has 0 aromatic heterocycles. The number of ether oxygens (including phenoxy) is 1. The lowest BCUT2D eigenvalue weighted by Crippen LogP contribution is -2.50. The van der Waals surface area contributed by atoms with Crippen LogP contribution in [0.1, 0.15) is 49.0 Å². The van der Waals surface area contributed by atoms with Gasteiger partial charge in [0.05, 0.1) is 30.0 Å². The number of benzene rings is 1. The number of amides is 1. The summed E-state index contributed by atoms with van der Waals surface area (Å²) in [6.07, 6.45) is 2.25. The molecule has 2 aliphatic heterocycles. The summed E-state index contributed by atoms with van der Waals surface area (Å²) in [4.78, 5) is 14.8. The Kier molecular flexibility index (Phi) is 6.22. The van der Waals surface area contributed by atoms with E-state index in [0.717, 1.165) is 18.4 Å². The molecule has 0 spiro atoms. The molecule has 1 saturated heterocycles. The summed E-state index contributed by atoms with van der Waals surface area (Å²) in [5, 5.41) is 12.7. The van der Waals surface area contributed by atoms with E-state index in [0.29, 0.717) is 60.6 Å². The third-order valence-electron chi connectivity index (χ3n) is 5.36. The number of likely N-dealkylation sites (tertiary alicyclic amines) is 1. The molecule has 2 aliphatic rings. The van der Waals surface area contributed by atoms with E-state index in [4.69, 9.17) is 10.5 Å². The highest BCUT2D eigenvalue weighted by Gasteiger charge is 2.36. The van der Waals surface area contributed by atoms with Crippen molar-refractivity contribution in [2.75, 3.05) is 38.5 Å². The number of hydrogen-bond donors (Lipinski definition) is 3. The molecular formula is C20H29BrFN3O3. The minimum Gasteiger partial charge on any atom is -0.492 e. The Bertz CT molecular complexity index is 743. The fourth-order valence-corrected chi connectivity index (χ4v) is 4.34. The second kappa shape index (κ2) is 8.16. The van der Waals surface area contributed by atoms with Crippen LogP contribution in [0.15, 0.2) is 10.5 Å². The van der Waals surface area contributed by atoms with Crippen LogP contribution in [0.25, 0.3) is 0 Å². The van der Waals surface area contributed by atoms with Crippen molar-refractivity contribution in [3.8, 4) is 5.75 Å². The van der Waals surface area contributed by atoms with E-state index < -0.39 is 11.3 Å². The fraction of sp³-hybridized carbons (Fsp3) is 0.650. The zero-order valence-corrected chi connectivity index (χ0v) is 18.1. The zero-order chi connectivity index (χ0) is 20.5. The Morgan fingerprint density at radius 1 is 1.46 bits per heavy atom. The largest absolute Gasteiger partial charge is 0.492 e. The molecular weight excluding hydrogens is 429 g/mol. The number of fused-ring (bicyclic) bond motifs is 1. The first-order valence-electron chi connectivity index (χ1n) is 9.73. The first kappa shape index (κ1) is 21.3. The molecule has 8 heteroatoms. The van der Waals surface area contributed by atoms with E-state index in [2.05, 4.69) is 26.1 Å². The first-order chi connectivity index (χ1) is 13.1. The Morgan fingerprint density at radius 3 is 2.79 bits per heavy atom. The SMILES string of the molecule is CC(C)(O)CN1CCC(F)(CNC(=O)c2cc(Br)c(N)c3c2OCCC3)CC1. The monoisotopic (exact) mass is 457 g/mol. The maximum atomic E-state index is 15.2. The van der Waals surface area contributed by atoms with Crippen molar-refractivity contribution >= 4 is 27.5 Å². The van der Waals surface area contributed by atoms with Crippen LogP contribution in [0, 0.1) is 0 Å². The van der Waals surface area contributed by atoms with E-state index >= 15 is 4.39 Å². The average molecular weight is 458 g/mol. The first-order valence-corrected chi connectivity index (χ1v) is 10.5. The number of rotatable bonds is 5. The van der Waals surface area contributed by atoms with Gasteiger partial charge in [0.25, 0.3) is 5.91 Å². The lowest BCUT2D eigenvalue weighted by atomic mass is 9.92. The van der Waals surface area contributed by atoms with Gasteiger partial charge in [0, 0.05) is 29.7 Å². The highest BCUT2D eigenvalue weighted by Crippen LogP contribution is 2.38. The van der Waals surface area contributed by atoms with Crippen LogP contribution >= 0.6 is 15.9 Å². The summed E-state index contributed by atoms with van der Waals surface area (Å²) in [5.41, 5.74) is 5.67. The Morgan fingerprint density at radius 2 is 2.14 bits per heavy atom. The number of β-amino-alcohol motifs (C(OH)–C–C–N with tert-alkyl or cyclic N) is 1. The summed E-state index contributed by atoms with van der Waals surface area (Å²) in [6.45, 7) is 5.62. The van der Waals surface area contributed by atoms with Gasteiger partial charge in [-0.25, -0.2) is 4.39 Å². The lowest BCUT2D eigenvalue weighted by Gasteiger charge is -2.38. The molecule has 0 bridgehead atoms. The third-order valence-corrected chi connectivity index (χ3v) is 6.02. The molecule has 156 valence electrons. The van der Waals surface area contributed by atoms with Gasteiger partial charge in [0.15, 0.2) is 0 Å². The highest BCUT2D eigenvalue weighted by molar-refractivity contribution is 9.10. The van der Waals surface area contributed by atoms with Crippen LogP contribution in [0.4, 0.5) is 10.1 Å². The third kappa shape index (κ3) is 4.96. The molecule has 1 aromatic rings. The van der Waals surface area contributed by atoms with Crippen molar-refractivity contribution in [2.24, 2.45) is 0 Å². The number of alkyl halides is 1. The number of carbonyl (C=O) groups is 1. The normalized spacial score (nSPS) is 19.6. The van der Waals surface area contributed by atoms with Crippen molar-refractivity contribution < 1.29 is 19.0 Å². The predicted octanol–water partition coefficient (Wildman–Crippen LogP) is 2.66. The van der Waals surface area contributed by atoms with Gasteiger partial charge in [-0.15, -0.1) is 0 Å². The smallest absolute Gasteiger partial charge is 0.255 e. The van der Waals surface area contributed by atoms with Crippen molar-refractivity contribution in [1.82, 2.24) is 10.2 Å². The van der Waals surface area contributed by atoms with Gasteiger partial charge in [-0.2, -0.15) is 0 Å². The number of aliphatic hydroxyl groups is 1. The standard InChI is InChI=1S/C20H29BrFN3O3/c1-19(2,27)12-25-7-5-20(22,6-8-25)11-24-18(26)14-10-15(21)16(23)13-4-3-9-28-17(13)14/h10,27H,3-9,11-12,23H2,1-2H3,(H,24,26). The van der Waals surface area contributed by atoms with Crippen LogP contribution < -0.4 is 15.8 Å². The molecule has 2 heterocycles. The maximum Gasteiger partial charge on any atom is 0.255 e. The summed E-state index contributed by atoms with van der Waals surface area (Å²) < 4.78 is 21.5. The van der Waals surface area contributed by atoms with E-state index in [9.17, 15) is 9.90 Å². The number of nitrogens with zero attached hydrogens (tertiary/aromatic N) is 1. The molecule has 0 saturated carbocycles. The molecule has 0 radical (unpaired) electrons. The van der Waals surface area contributed by atoms with E-state index in [1.165, 1.54) is 0 Å². The minimum atomic E-state index is -1.45. The molecule has 1 aromatic carbocycles. The maximum absolute atomic E-state index is 15.2. The zero-order valence-electron chi connectivity index (χ0n) is 16.5. The van der Waals surface area contributed by atoms with Gasteiger partial charge >= 0.3 is 0 Å². The van der Waals surface area contributed by atoms with Crippen LogP contribution in [0.5, 0.6) is 5.75 Å². The fourth-order valence-electron chi connectivity index (χ4n) is 3.87. The Balaban J connectivity index is 1.63. The lowest BCUT2D eigenvalue weighted by molar-refractivity contribution is -0.000332. The van der Waals surface area contributed by atoms with Crippen LogP contribution in [0.3, 0.4) is 0 Å². The van der Waals surface area contributed by atoms with Crippen LogP contribution in [0.2, 0.25) is 0 Å². The number of halogens is 2. The second-order valence-electron chi connectivity index (χ2n) is 8.50. The average Bonchev–Trinajstić information content (AvgIpc) is 2.64. The molecule has 0 unspecified atom stereocenters. The number of nitrogens with two attached hydrogens (primary N) is 1. The van der Waals surface area contributed by atoms with Crippen LogP contribution in [-0.4, -0.2) is 60.0 Å². The Hall–Kier alpha value is -1.38. The summed E-state index contributed by atoms with van der Waals surface area (Å²) in [7, 11) is 0. The van der Waals surface area contributed by atoms with Crippen molar-refractivity contribution in [3.05, 3.63) is 21.7 Å². The number of nitrogen functional groups attached to an aromatic ring is 1.